The summed E-state index contributed by atoms with van der Waals surface area (Å²) in [6.07, 6.45) is 39.3. The highest BCUT2D eigenvalue weighted by Crippen LogP contribution is 2.36. The highest BCUT2D eigenvalue weighted by molar-refractivity contribution is 7.46. The van der Waals surface area contributed by atoms with E-state index in [1.54, 1.807) is 0 Å². The zero-order valence-electron chi connectivity index (χ0n) is 31.9. The van der Waals surface area contributed by atoms with E-state index in [2.05, 4.69) is 30.5 Å². The standard InChI is InChI=1S/C40H77O8P/c1-3-5-7-9-11-13-15-17-19-20-21-23-24-26-28-30-32-34-39(41)46-36-38(37-47-49(43,44)45)48-40(42)35-33-31-29-27-25-22-18-16-14-12-10-8-6-4-2/h17,19,38H,3-16,18,20-37H2,1-2H3,(H2,43,44,45)/b19-17+/t38-/m1/s1. The van der Waals surface area contributed by atoms with Crippen LogP contribution in [0.2, 0.25) is 0 Å². The molecule has 9 heteroatoms. The first-order chi connectivity index (χ1) is 23.8. The Morgan fingerprint density at radius 1 is 0.510 bits per heavy atom. The van der Waals surface area contributed by atoms with E-state index in [0.717, 1.165) is 51.4 Å². The number of rotatable bonds is 38. The average molecular weight is 717 g/mol. The fourth-order valence-corrected chi connectivity index (χ4v) is 6.32. The van der Waals surface area contributed by atoms with Crippen LogP contribution in [0.5, 0.6) is 0 Å². The number of phosphoric ester groups is 1. The molecule has 0 aliphatic heterocycles. The Kier molecular flexibility index (Phi) is 35.7. The Bertz CT molecular complexity index is 812. The SMILES string of the molecule is CCCCCCCC/C=C/CCCCCCCCCC(=O)OC[C@H](COP(=O)(O)O)OC(=O)CCCCCCCCCCCCCCCC. The Balaban J connectivity index is 3.90. The van der Waals surface area contributed by atoms with Crippen molar-refractivity contribution in [2.24, 2.45) is 0 Å². The summed E-state index contributed by atoms with van der Waals surface area (Å²) in [6, 6.07) is 0. The molecule has 0 aromatic heterocycles. The van der Waals surface area contributed by atoms with Crippen LogP contribution in [0.1, 0.15) is 213 Å². The lowest BCUT2D eigenvalue weighted by molar-refractivity contribution is -0.161. The number of phosphoric acid groups is 1. The van der Waals surface area contributed by atoms with Crippen molar-refractivity contribution >= 4 is 19.8 Å². The maximum atomic E-state index is 12.4. The molecule has 0 saturated carbocycles. The third-order valence-corrected chi connectivity index (χ3v) is 9.52. The average Bonchev–Trinajstić information content (AvgIpc) is 3.07. The minimum Gasteiger partial charge on any atom is -0.462 e. The summed E-state index contributed by atoms with van der Waals surface area (Å²) in [5.74, 6) is -0.879. The predicted octanol–water partition coefficient (Wildman–Crippen LogP) is 12.2. The van der Waals surface area contributed by atoms with Gasteiger partial charge in [-0.15, -0.1) is 0 Å². The fourth-order valence-electron chi connectivity index (χ4n) is 5.96. The number of carbonyl (C=O) groups excluding carboxylic acids is 2. The van der Waals surface area contributed by atoms with Crippen molar-refractivity contribution in [3.63, 3.8) is 0 Å². The van der Waals surface area contributed by atoms with E-state index in [1.165, 1.54) is 128 Å². The van der Waals surface area contributed by atoms with E-state index in [-0.39, 0.29) is 19.4 Å². The van der Waals surface area contributed by atoms with Crippen LogP contribution in [0.15, 0.2) is 12.2 Å². The molecule has 0 rings (SSSR count). The summed E-state index contributed by atoms with van der Waals surface area (Å²) in [4.78, 5) is 42.8. The van der Waals surface area contributed by atoms with Crippen molar-refractivity contribution in [1.82, 2.24) is 0 Å². The number of ether oxygens (including phenoxy) is 2. The van der Waals surface area contributed by atoms with Crippen LogP contribution in [-0.2, 0) is 28.2 Å². The molecule has 0 aliphatic carbocycles. The predicted molar refractivity (Wildman–Crippen MR) is 202 cm³/mol. The van der Waals surface area contributed by atoms with E-state index >= 15 is 0 Å². The maximum Gasteiger partial charge on any atom is 0.469 e. The second-order valence-electron chi connectivity index (χ2n) is 14.0. The smallest absolute Gasteiger partial charge is 0.462 e. The van der Waals surface area contributed by atoms with Gasteiger partial charge in [0.1, 0.15) is 6.61 Å². The molecule has 49 heavy (non-hydrogen) atoms. The second-order valence-corrected chi connectivity index (χ2v) is 15.2. The third-order valence-electron chi connectivity index (χ3n) is 9.03. The van der Waals surface area contributed by atoms with E-state index in [4.69, 9.17) is 19.3 Å². The van der Waals surface area contributed by atoms with Crippen LogP contribution >= 0.6 is 7.82 Å². The van der Waals surface area contributed by atoms with Gasteiger partial charge in [-0.2, -0.15) is 0 Å². The topological polar surface area (TPSA) is 119 Å². The summed E-state index contributed by atoms with van der Waals surface area (Å²) < 4.78 is 26.4. The molecule has 1 atom stereocenters. The summed E-state index contributed by atoms with van der Waals surface area (Å²) in [7, 11) is -4.75. The van der Waals surface area contributed by atoms with Crippen LogP contribution in [0.4, 0.5) is 0 Å². The molecule has 0 unspecified atom stereocenters. The monoisotopic (exact) mass is 717 g/mol. The first-order valence-electron chi connectivity index (χ1n) is 20.5. The van der Waals surface area contributed by atoms with Gasteiger partial charge in [0.05, 0.1) is 6.61 Å². The Hall–Kier alpha value is -1.21. The third kappa shape index (κ3) is 39.4. The lowest BCUT2D eigenvalue weighted by atomic mass is 10.0. The maximum absolute atomic E-state index is 12.4. The van der Waals surface area contributed by atoms with Gasteiger partial charge in [0.2, 0.25) is 0 Å². The van der Waals surface area contributed by atoms with E-state index < -0.39 is 32.5 Å². The molecule has 0 fully saturated rings. The molecule has 2 N–H and O–H groups in total. The molecule has 0 bridgehead atoms. The molecule has 8 nitrogen and oxygen atoms in total. The second kappa shape index (κ2) is 36.6. The molecule has 0 radical (unpaired) electrons. The zero-order chi connectivity index (χ0) is 36.1. The summed E-state index contributed by atoms with van der Waals surface area (Å²) in [5, 5.41) is 0. The number of esters is 2. The minimum atomic E-state index is -4.75. The molecule has 0 amide bonds. The number of hydrogen-bond acceptors (Lipinski definition) is 6. The number of allylic oxidation sites excluding steroid dienone is 2. The molecule has 290 valence electrons. The normalized spacial score (nSPS) is 12.5. The summed E-state index contributed by atoms with van der Waals surface area (Å²) in [6.45, 7) is 3.69. The molecule has 0 aromatic carbocycles. The fraction of sp³-hybridized carbons (Fsp3) is 0.900. The highest BCUT2D eigenvalue weighted by Gasteiger charge is 2.22. The van der Waals surface area contributed by atoms with Gasteiger partial charge in [0, 0.05) is 12.8 Å². The molecule has 0 aliphatic rings. The highest BCUT2D eigenvalue weighted by atomic mass is 31.2. The van der Waals surface area contributed by atoms with Gasteiger partial charge >= 0.3 is 19.8 Å². The minimum absolute atomic E-state index is 0.217. The van der Waals surface area contributed by atoms with Crippen molar-refractivity contribution in [3.8, 4) is 0 Å². The Labute approximate surface area is 301 Å². The van der Waals surface area contributed by atoms with Gasteiger partial charge < -0.3 is 19.3 Å². The summed E-state index contributed by atoms with van der Waals surface area (Å²) in [5.41, 5.74) is 0. The van der Waals surface area contributed by atoms with Gasteiger partial charge in [0.25, 0.3) is 0 Å². The van der Waals surface area contributed by atoms with E-state index in [9.17, 15) is 14.2 Å². The molecular weight excluding hydrogens is 639 g/mol. The van der Waals surface area contributed by atoms with Crippen LogP contribution < -0.4 is 0 Å². The van der Waals surface area contributed by atoms with Gasteiger partial charge in [-0.25, -0.2) is 4.57 Å². The number of unbranched alkanes of at least 4 members (excludes halogenated alkanes) is 26. The number of hydrogen-bond donors (Lipinski definition) is 2. The van der Waals surface area contributed by atoms with Crippen molar-refractivity contribution in [3.05, 3.63) is 12.2 Å². The van der Waals surface area contributed by atoms with Gasteiger partial charge in [-0.1, -0.05) is 174 Å². The Morgan fingerprint density at radius 2 is 0.857 bits per heavy atom. The number of carbonyl (C=O) groups is 2. The quantitative estimate of drug-likeness (QED) is 0.0280. The van der Waals surface area contributed by atoms with E-state index in [0.29, 0.717) is 6.42 Å². The van der Waals surface area contributed by atoms with Crippen LogP contribution in [-0.4, -0.2) is 41.0 Å². The lowest BCUT2D eigenvalue weighted by Gasteiger charge is -2.18. The largest absolute Gasteiger partial charge is 0.469 e. The zero-order valence-corrected chi connectivity index (χ0v) is 32.8. The Morgan fingerprint density at radius 3 is 1.24 bits per heavy atom. The van der Waals surface area contributed by atoms with Crippen molar-refractivity contribution in [2.45, 2.75) is 219 Å². The van der Waals surface area contributed by atoms with Crippen LogP contribution in [0.3, 0.4) is 0 Å². The van der Waals surface area contributed by atoms with E-state index in [1.807, 2.05) is 0 Å². The van der Waals surface area contributed by atoms with Crippen molar-refractivity contribution in [2.75, 3.05) is 13.2 Å². The molecule has 0 heterocycles. The van der Waals surface area contributed by atoms with Crippen molar-refractivity contribution in [1.29, 1.82) is 0 Å². The molecule has 0 spiro atoms. The first-order valence-corrected chi connectivity index (χ1v) is 22.0. The first kappa shape index (κ1) is 47.8. The van der Waals surface area contributed by atoms with Gasteiger partial charge in [0.15, 0.2) is 6.10 Å². The lowest BCUT2D eigenvalue weighted by Crippen LogP contribution is -2.29. The molecule has 0 saturated heterocycles. The molecular formula is C40H77O8P. The van der Waals surface area contributed by atoms with Gasteiger partial charge in [-0.05, 0) is 38.5 Å². The summed E-state index contributed by atoms with van der Waals surface area (Å²) >= 11 is 0. The molecule has 0 aromatic rings. The van der Waals surface area contributed by atoms with Crippen LogP contribution in [0, 0.1) is 0 Å². The van der Waals surface area contributed by atoms with Crippen molar-refractivity contribution < 1.29 is 37.9 Å². The van der Waals surface area contributed by atoms with Gasteiger partial charge in [-0.3, -0.25) is 14.1 Å². The van der Waals surface area contributed by atoms with Crippen LogP contribution in [0.25, 0.3) is 0 Å².